The first-order valence-corrected chi connectivity index (χ1v) is 8.00. The van der Waals surface area contributed by atoms with Gasteiger partial charge in [0.1, 0.15) is 5.69 Å². The van der Waals surface area contributed by atoms with Gasteiger partial charge in [0, 0.05) is 17.0 Å². The lowest BCUT2D eigenvalue weighted by molar-refractivity contribution is -0.364. The fourth-order valence-corrected chi connectivity index (χ4v) is 2.79. The number of nitrogens with one attached hydrogen (secondary N) is 1. The fraction of sp³-hybridized carbons (Fsp3) is 0.105. The summed E-state index contributed by atoms with van der Waals surface area (Å²) in [4.78, 5) is 7.57. The third-order valence-corrected chi connectivity index (χ3v) is 4.06. The van der Waals surface area contributed by atoms with Gasteiger partial charge in [-0.25, -0.2) is 9.97 Å². The van der Waals surface area contributed by atoms with Gasteiger partial charge in [0.15, 0.2) is 6.20 Å². The Morgan fingerprint density at radius 3 is 2.61 bits per heavy atom. The smallest absolute Gasteiger partial charge is 0.210 e. The summed E-state index contributed by atoms with van der Waals surface area (Å²) < 4.78 is 0. The molecule has 0 fully saturated rings. The first-order valence-electron chi connectivity index (χ1n) is 7.12. The number of pyridine rings is 1. The van der Waals surface area contributed by atoms with Gasteiger partial charge in [0.05, 0.1) is 22.2 Å². The standard InChI is InChI=1S/C19H13N3S/c1-13-7-16(10-20)9-17(8-13)19-6-4-15(11-21-19)3-5-18-12-23-14(2)22-18/h4,6-9,11-12H,1-2H3/p+1. The van der Waals surface area contributed by atoms with Crippen molar-refractivity contribution in [2.75, 3.05) is 0 Å². The van der Waals surface area contributed by atoms with E-state index in [1.807, 2.05) is 49.7 Å². The Balaban J connectivity index is 1.87. The van der Waals surface area contributed by atoms with E-state index in [-0.39, 0.29) is 0 Å². The van der Waals surface area contributed by atoms with Crippen LogP contribution in [-0.2, 0) is 0 Å². The number of hydrogen-bond acceptors (Lipinski definition) is 3. The van der Waals surface area contributed by atoms with Gasteiger partial charge in [-0.15, -0.1) is 11.3 Å². The highest BCUT2D eigenvalue weighted by Crippen LogP contribution is 2.18. The van der Waals surface area contributed by atoms with E-state index in [2.05, 4.69) is 33.9 Å². The molecule has 0 aliphatic heterocycles. The summed E-state index contributed by atoms with van der Waals surface area (Å²) in [5.74, 6) is 6.15. The van der Waals surface area contributed by atoms with E-state index >= 15 is 0 Å². The van der Waals surface area contributed by atoms with Gasteiger partial charge < -0.3 is 0 Å². The Bertz CT molecular complexity index is 951. The van der Waals surface area contributed by atoms with Crippen molar-refractivity contribution >= 4 is 11.3 Å². The number of aromatic nitrogens is 2. The zero-order valence-corrected chi connectivity index (χ0v) is 13.7. The molecule has 1 aromatic carbocycles. The van der Waals surface area contributed by atoms with E-state index < -0.39 is 0 Å². The van der Waals surface area contributed by atoms with Crippen molar-refractivity contribution < 1.29 is 4.98 Å². The van der Waals surface area contributed by atoms with Crippen LogP contribution in [0.15, 0.2) is 41.9 Å². The highest BCUT2D eigenvalue weighted by atomic mass is 32.1. The lowest BCUT2D eigenvalue weighted by Gasteiger charge is -1.99. The molecule has 23 heavy (non-hydrogen) atoms. The third-order valence-electron chi connectivity index (χ3n) is 3.28. The van der Waals surface area contributed by atoms with Crippen LogP contribution >= 0.6 is 11.3 Å². The number of aromatic amines is 1. The first kappa shape index (κ1) is 15.0. The van der Waals surface area contributed by atoms with Gasteiger partial charge in [0.2, 0.25) is 5.69 Å². The zero-order valence-electron chi connectivity index (χ0n) is 12.8. The van der Waals surface area contributed by atoms with Crippen LogP contribution in [0.5, 0.6) is 0 Å². The van der Waals surface area contributed by atoms with Crippen molar-refractivity contribution in [3.63, 3.8) is 0 Å². The monoisotopic (exact) mass is 316 g/mol. The Morgan fingerprint density at radius 1 is 1.09 bits per heavy atom. The van der Waals surface area contributed by atoms with E-state index in [0.717, 1.165) is 33.1 Å². The van der Waals surface area contributed by atoms with Crippen molar-refractivity contribution in [3.05, 3.63) is 69.3 Å². The number of thiazole rings is 1. The van der Waals surface area contributed by atoms with Crippen LogP contribution in [-0.4, -0.2) is 4.98 Å². The molecule has 0 unspecified atom stereocenters. The van der Waals surface area contributed by atoms with Crippen molar-refractivity contribution in [2.24, 2.45) is 0 Å². The summed E-state index contributed by atoms with van der Waals surface area (Å²) in [6.07, 6.45) is 1.87. The minimum atomic E-state index is 0.663. The number of H-pyrrole nitrogens is 1. The lowest BCUT2D eigenvalue weighted by Crippen LogP contribution is -2.06. The third kappa shape index (κ3) is 3.63. The number of aryl methyl sites for hydroxylation is 2. The largest absolute Gasteiger partial charge is 0.233 e. The van der Waals surface area contributed by atoms with Gasteiger partial charge in [-0.1, -0.05) is 5.92 Å². The normalized spacial score (nSPS) is 9.78. The molecular formula is C19H14N3S+. The van der Waals surface area contributed by atoms with Crippen LogP contribution in [0, 0.1) is 37.0 Å². The van der Waals surface area contributed by atoms with Crippen LogP contribution in [0.3, 0.4) is 0 Å². The molecule has 1 N–H and O–H groups in total. The minimum absolute atomic E-state index is 0.663. The quantitative estimate of drug-likeness (QED) is 0.645. The second kappa shape index (κ2) is 6.44. The van der Waals surface area contributed by atoms with Crippen LogP contribution in [0.1, 0.15) is 27.4 Å². The molecule has 0 spiro atoms. The molecule has 0 saturated heterocycles. The first-order chi connectivity index (χ1) is 11.1. The molecule has 0 aliphatic rings. The average Bonchev–Trinajstić information content (AvgIpc) is 2.98. The molecule has 0 saturated carbocycles. The van der Waals surface area contributed by atoms with Gasteiger partial charge in [-0.05, 0) is 49.6 Å². The molecule has 0 aliphatic carbocycles. The van der Waals surface area contributed by atoms with Gasteiger partial charge in [-0.3, -0.25) is 0 Å². The summed E-state index contributed by atoms with van der Waals surface area (Å²) in [6.45, 7) is 3.95. The van der Waals surface area contributed by atoms with E-state index in [1.54, 1.807) is 11.3 Å². The molecule has 0 atom stereocenters. The Morgan fingerprint density at radius 2 is 1.96 bits per heavy atom. The Hall–Kier alpha value is -2.95. The second-order valence-corrected chi connectivity index (χ2v) is 6.25. The highest BCUT2D eigenvalue weighted by molar-refractivity contribution is 7.09. The van der Waals surface area contributed by atoms with Gasteiger partial charge in [0.25, 0.3) is 0 Å². The number of nitrogens with zero attached hydrogens (tertiary/aromatic N) is 2. The summed E-state index contributed by atoms with van der Waals surface area (Å²) >= 11 is 1.60. The maximum atomic E-state index is 9.07. The lowest BCUT2D eigenvalue weighted by atomic mass is 10.0. The number of nitriles is 1. The van der Waals surface area contributed by atoms with Crippen LogP contribution in [0.2, 0.25) is 0 Å². The minimum Gasteiger partial charge on any atom is -0.233 e. The Kier molecular flexibility index (Phi) is 4.19. The fourth-order valence-electron chi connectivity index (χ4n) is 2.24. The predicted molar refractivity (Wildman–Crippen MR) is 90.7 cm³/mol. The maximum Gasteiger partial charge on any atom is 0.210 e. The number of rotatable bonds is 1. The zero-order chi connectivity index (χ0) is 16.2. The van der Waals surface area contributed by atoms with Gasteiger partial charge >= 0.3 is 0 Å². The molecule has 2 aromatic heterocycles. The maximum absolute atomic E-state index is 9.07. The highest BCUT2D eigenvalue weighted by Gasteiger charge is 2.07. The topological polar surface area (TPSA) is 50.8 Å². The molecule has 0 amide bonds. The van der Waals surface area contributed by atoms with Gasteiger partial charge in [-0.2, -0.15) is 5.26 Å². The number of benzene rings is 1. The summed E-state index contributed by atoms with van der Waals surface area (Å²) in [5, 5.41) is 12.0. The van der Waals surface area contributed by atoms with E-state index in [0.29, 0.717) is 5.56 Å². The van der Waals surface area contributed by atoms with E-state index in [9.17, 15) is 0 Å². The summed E-state index contributed by atoms with van der Waals surface area (Å²) in [7, 11) is 0. The van der Waals surface area contributed by atoms with Crippen LogP contribution in [0.25, 0.3) is 11.3 Å². The SMILES string of the molecule is Cc1cc(C#N)cc(-c2ccc(C#Cc3csc(C)n3)c[nH+]2)c1. The predicted octanol–water partition coefficient (Wildman–Crippen LogP) is 3.51. The summed E-state index contributed by atoms with van der Waals surface area (Å²) in [5.41, 5.74) is 5.38. The average molecular weight is 316 g/mol. The number of hydrogen-bond donors (Lipinski definition) is 0. The van der Waals surface area contributed by atoms with Crippen LogP contribution in [0.4, 0.5) is 0 Å². The van der Waals surface area contributed by atoms with Crippen molar-refractivity contribution in [2.45, 2.75) is 13.8 Å². The van der Waals surface area contributed by atoms with Crippen molar-refractivity contribution in [1.82, 2.24) is 4.98 Å². The summed E-state index contributed by atoms with van der Waals surface area (Å²) in [6, 6.07) is 11.9. The molecule has 3 rings (SSSR count). The van der Waals surface area contributed by atoms with E-state index in [1.165, 1.54) is 0 Å². The molecule has 0 radical (unpaired) electrons. The molecule has 0 bridgehead atoms. The van der Waals surface area contributed by atoms with Crippen molar-refractivity contribution in [1.29, 1.82) is 5.26 Å². The van der Waals surface area contributed by atoms with Crippen molar-refractivity contribution in [3.8, 4) is 29.2 Å². The second-order valence-electron chi connectivity index (χ2n) is 5.19. The molecule has 2 heterocycles. The molecule has 3 aromatic rings. The molecular weight excluding hydrogens is 302 g/mol. The Labute approximate surface area is 139 Å². The molecule has 3 nitrogen and oxygen atoms in total. The molecule has 110 valence electrons. The van der Waals surface area contributed by atoms with E-state index in [4.69, 9.17) is 5.26 Å². The molecule has 4 heteroatoms. The van der Waals surface area contributed by atoms with Crippen LogP contribution < -0.4 is 4.98 Å².